The van der Waals surface area contributed by atoms with Crippen LogP contribution in [0.5, 0.6) is 0 Å². The fourth-order valence-corrected chi connectivity index (χ4v) is 2.07. The Kier molecular flexibility index (Phi) is 3.24. The third kappa shape index (κ3) is 2.63. The first-order chi connectivity index (χ1) is 9.33. The number of rotatable bonds is 4. The molecule has 1 aromatic heterocycles. The predicted molar refractivity (Wildman–Crippen MR) is 71.0 cm³/mol. The second kappa shape index (κ2) is 5.19. The van der Waals surface area contributed by atoms with E-state index in [-0.39, 0.29) is 5.91 Å². The number of benzene rings is 1. The van der Waals surface area contributed by atoms with E-state index in [1.165, 1.54) is 0 Å². The lowest BCUT2D eigenvalue weighted by Crippen LogP contribution is -2.43. The van der Waals surface area contributed by atoms with Crippen LogP contribution in [0.25, 0.3) is 5.69 Å². The molecule has 0 atom stereocenters. The number of carbonyl (C=O) groups excluding carboxylic acids is 1. The number of anilines is 1. The number of hydrogen-bond acceptors (Lipinski definition) is 4. The van der Waals surface area contributed by atoms with Crippen molar-refractivity contribution in [3.63, 3.8) is 0 Å². The Balaban J connectivity index is 1.75. The first kappa shape index (κ1) is 11.9. The highest BCUT2D eigenvalue weighted by molar-refractivity contribution is 5.93. The van der Waals surface area contributed by atoms with Crippen LogP contribution in [0.3, 0.4) is 0 Å². The quantitative estimate of drug-likeness (QED) is 0.850. The average molecular weight is 257 g/mol. The maximum Gasteiger partial charge on any atom is 0.224 e. The van der Waals surface area contributed by atoms with Crippen molar-refractivity contribution < 1.29 is 4.79 Å². The molecule has 0 aliphatic carbocycles. The Morgan fingerprint density at radius 2 is 2.26 bits per heavy atom. The van der Waals surface area contributed by atoms with Gasteiger partial charge in [0, 0.05) is 6.42 Å². The minimum Gasteiger partial charge on any atom is -0.324 e. The molecule has 0 unspecified atom stereocenters. The van der Waals surface area contributed by atoms with Gasteiger partial charge in [-0.15, -0.1) is 5.10 Å². The maximum atomic E-state index is 12.0. The van der Waals surface area contributed by atoms with E-state index in [1.54, 1.807) is 17.1 Å². The summed E-state index contributed by atoms with van der Waals surface area (Å²) in [5.74, 6) is 0.498. The number of aromatic nitrogens is 3. The van der Waals surface area contributed by atoms with E-state index in [2.05, 4.69) is 20.9 Å². The van der Waals surface area contributed by atoms with Crippen molar-refractivity contribution in [2.75, 3.05) is 18.4 Å². The minimum atomic E-state index is 0.0408. The summed E-state index contributed by atoms with van der Waals surface area (Å²) in [6, 6.07) is 7.56. The molecule has 0 spiro atoms. The number of nitrogens with one attached hydrogen (secondary N) is 2. The topological polar surface area (TPSA) is 71.8 Å². The van der Waals surface area contributed by atoms with Gasteiger partial charge in [0.05, 0.1) is 23.8 Å². The van der Waals surface area contributed by atoms with Crippen molar-refractivity contribution in [1.29, 1.82) is 0 Å². The summed E-state index contributed by atoms with van der Waals surface area (Å²) in [7, 11) is 0. The van der Waals surface area contributed by atoms with Gasteiger partial charge in [0.1, 0.15) is 0 Å². The van der Waals surface area contributed by atoms with Gasteiger partial charge in [0.15, 0.2) is 0 Å². The zero-order chi connectivity index (χ0) is 13.1. The molecule has 1 saturated heterocycles. The Labute approximate surface area is 110 Å². The lowest BCUT2D eigenvalue weighted by atomic mass is 9.99. The molecule has 2 aromatic rings. The van der Waals surface area contributed by atoms with Gasteiger partial charge in [-0.2, -0.15) is 0 Å². The second-order valence-electron chi connectivity index (χ2n) is 4.64. The van der Waals surface area contributed by atoms with Crippen molar-refractivity contribution in [1.82, 2.24) is 20.3 Å². The molecule has 1 amide bonds. The average Bonchev–Trinajstić information content (AvgIpc) is 2.88. The van der Waals surface area contributed by atoms with E-state index in [9.17, 15) is 4.79 Å². The lowest BCUT2D eigenvalue weighted by Gasteiger charge is -2.26. The summed E-state index contributed by atoms with van der Waals surface area (Å²) in [4.78, 5) is 12.0. The first-order valence-corrected chi connectivity index (χ1v) is 6.29. The minimum absolute atomic E-state index is 0.0408. The zero-order valence-electron chi connectivity index (χ0n) is 10.4. The highest BCUT2D eigenvalue weighted by Gasteiger charge is 2.20. The fourth-order valence-electron chi connectivity index (χ4n) is 2.07. The Morgan fingerprint density at radius 3 is 2.95 bits per heavy atom. The maximum absolute atomic E-state index is 12.0. The normalized spacial score (nSPS) is 14.9. The molecule has 2 N–H and O–H groups in total. The molecular formula is C13H15N5O. The van der Waals surface area contributed by atoms with E-state index < -0.39 is 0 Å². The summed E-state index contributed by atoms with van der Waals surface area (Å²) in [5.41, 5.74) is 1.57. The Hall–Kier alpha value is -2.21. The van der Waals surface area contributed by atoms with Gasteiger partial charge in [-0.05, 0) is 31.1 Å². The van der Waals surface area contributed by atoms with Crippen molar-refractivity contribution in [2.45, 2.75) is 6.42 Å². The number of amides is 1. The zero-order valence-corrected chi connectivity index (χ0v) is 10.4. The van der Waals surface area contributed by atoms with Gasteiger partial charge in [0.25, 0.3) is 0 Å². The van der Waals surface area contributed by atoms with E-state index in [1.807, 2.05) is 24.3 Å². The van der Waals surface area contributed by atoms with Crippen LogP contribution in [0.2, 0.25) is 0 Å². The third-order valence-corrected chi connectivity index (χ3v) is 3.19. The standard InChI is InChI=1S/C13H15N5O/c19-13(7-10-8-14-9-10)16-11-3-1-2-4-12(11)18-6-5-15-17-18/h1-6,10,14H,7-9H2,(H,16,19). The van der Waals surface area contributed by atoms with Crippen molar-refractivity contribution >= 4 is 11.6 Å². The number of nitrogens with zero attached hydrogens (tertiary/aromatic N) is 3. The van der Waals surface area contributed by atoms with E-state index in [4.69, 9.17) is 0 Å². The molecule has 1 aliphatic rings. The van der Waals surface area contributed by atoms with Crippen molar-refractivity contribution in [3.8, 4) is 5.69 Å². The van der Waals surface area contributed by atoms with Crippen LogP contribution in [0, 0.1) is 5.92 Å². The largest absolute Gasteiger partial charge is 0.324 e. The van der Waals surface area contributed by atoms with E-state index in [0.29, 0.717) is 12.3 Å². The van der Waals surface area contributed by atoms with Gasteiger partial charge >= 0.3 is 0 Å². The molecule has 1 fully saturated rings. The number of para-hydroxylation sites is 2. The molecule has 1 aliphatic heterocycles. The SMILES string of the molecule is O=C(CC1CNC1)Nc1ccccc1-n1ccnn1. The molecular weight excluding hydrogens is 242 g/mol. The molecule has 19 heavy (non-hydrogen) atoms. The van der Waals surface area contributed by atoms with Crippen LogP contribution in [-0.2, 0) is 4.79 Å². The molecule has 2 heterocycles. The fraction of sp³-hybridized carbons (Fsp3) is 0.308. The van der Waals surface area contributed by atoms with Crippen molar-refractivity contribution in [2.24, 2.45) is 5.92 Å². The third-order valence-electron chi connectivity index (χ3n) is 3.19. The summed E-state index contributed by atoms with van der Waals surface area (Å²) in [6.07, 6.45) is 3.91. The van der Waals surface area contributed by atoms with Crippen LogP contribution >= 0.6 is 0 Å². The van der Waals surface area contributed by atoms with Gasteiger partial charge in [-0.3, -0.25) is 4.79 Å². The molecule has 6 nitrogen and oxygen atoms in total. The Bertz CT molecular complexity index is 562. The molecule has 1 aromatic carbocycles. The lowest BCUT2D eigenvalue weighted by molar-refractivity contribution is -0.117. The number of hydrogen-bond donors (Lipinski definition) is 2. The first-order valence-electron chi connectivity index (χ1n) is 6.29. The second-order valence-corrected chi connectivity index (χ2v) is 4.64. The van der Waals surface area contributed by atoms with Gasteiger partial charge < -0.3 is 10.6 Å². The van der Waals surface area contributed by atoms with Crippen LogP contribution < -0.4 is 10.6 Å². The van der Waals surface area contributed by atoms with Crippen LogP contribution in [0.15, 0.2) is 36.7 Å². The van der Waals surface area contributed by atoms with E-state index >= 15 is 0 Å². The summed E-state index contributed by atoms with van der Waals surface area (Å²) in [5, 5.41) is 13.8. The van der Waals surface area contributed by atoms with Crippen LogP contribution in [-0.4, -0.2) is 34.0 Å². The summed E-state index contributed by atoms with van der Waals surface area (Å²) < 4.78 is 1.64. The molecule has 0 bridgehead atoms. The highest BCUT2D eigenvalue weighted by atomic mass is 16.1. The smallest absolute Gasteiger partial charge is 0.224 e. The van der Waals surface area contributed by atoms with Gasteiger partial charge in [-0.25, -0.2) is 4.68 Å². The Morgan fingerprint density at radius 1 is 1.42 bits per heavy atom. The highest BCUT2D eigenvalue weighted by Crippen LogP contribution is 2.19. The van der Waals surface area contributed by atoms with E-state index in [0.717, 1.165) is 24.5 Å². The molecule has 0 saturated carbocycles. The van der Waals surface area contributed by atoms with Gasteiger partial charge in [0.2, 0.25) is 5.91 Å². The van der Waals surface area contributed by atoms with Crippen LogP contribution in [0.4, 0.5) is 5.69 Å². The number of carbonyl (C=O) groups is 1. The molecule has 3 rings (SSSR count). The molecule has 98 valence electrons. The monoisotopic (exact) mass is 257 g/mol. The van der Waals surface area contributed by atoms with Crippen molar-refractivity contribution in [3.05, 3.63) is 36.7 Å². The summed E-state index contributed by atoms with van der Waals surface area (Å²) >= 11 is 0. The van der Waals surface area contributed by atoms with Gasteiger partial charge in [-0.1, -0.05) is 17.3 Å². The van der Waals surface area contributed by atoms with Crippen LogP contribution in [0.1, 0.15) is 6.42 Å². The summed E-state index contributed by atoms with van der Waals surface area (Å²) in [6.45, 7) is 1.86. The predicted octanol–water partition coefficient (Wildman–Crippen LogP) is 0.815. The molecule has 6 heteroatoms. The molecule has 0 radical (unpaired) electrons.